The van der Waals surface area contributed by atoms with Gasteiger partial charge >= 0.3 is 0 Å². The second-order valence-corrected chi connectivity index (χ2v) is 6.43. The number of aromatic nitrogens is 2. The molecule has 0 unspecified atom stereocenters. The highest BCUT2D eigenvalue weighted by Gasteiger charge is 2.02. The first kappa shape index (κ1) is 17.2. The molecule has 0 radical (unpaired) electrons. The first-order valence-corrected chi connectivity index (χ1v) is 8.65. The molecular formula is C19H19BrN4O. The lowest BCUT2D eigenvalue weighted by molar-refractivity contribution is 0.414. The molecule has 0 fully saturated rings. The Morgan fingerprint density at radius 2 is 1.76 bits per heavy atom. The van der Waals surface area contributed by atoms with Crippen molar-refractivity contribution in [3.05, 3.63) is 70.5 Å². The van der Waals surface area contributed by atoms with Crippen LogP contribution in [0.5, 0.6) is 5.75 Å². The summed E-state index contributed by atoms with van der Waals surface area (Å²) in [5.74, 6) is 2.35. The molecule has 25 heavy (non-hydrogen) atoms. The zero-order valence-corrected chi connectivity index (χ0v) is 15.7. The topological polar surface area (TPSA) is 59.1 Å². The number of hydrogen-bond donors (Lipinski definition) is 2. The van der Waals surface area contributed by atoms with E-state index in [0.29, 0.717) is 6.54 Å². The number of halogens is 1. The van der Waals surface area contributed by atoms with E-state index in [1.54, 1.807) is 13.4 Å². The van der Waals surface area contributed by atoms with E-state index in [4.69, 9.17) is 4.74 Å². The van der Waals surface area contributed by atoms with Gasteiger partial charge in [-0.3, -0.25) is 0 Å². The Balaban J connectivity index is 1.65. The number of ether oxygens (including phenoxy) is 1. The second-order valence-electron chi connectivity index (χ2n) is 5.58. The Kier molecular flexibility index (Phi) is 5.50. The Labute approximate surface area is 155 Å². The van der Waals surface area contributed by atoms with E-state index in [1.165, 1.54) is 5.56 Å². The van der Waals surface area contributed by atoms with Gasteiger partial charge in [-0.15, -0.1) is 0 Å². The number of hydrogen-bond acceptors (Lipinski definition) is 5. The van der Waals surface area contributed by atoms with Crippen LogP contribution in [0.3, 0.4) is 0 Å². The number of aryl methyl sites for hydroxylation is 1. The minimum Gasteiger partial charge on any atom is -0.497 e. The van der Waals surface area contributed by atoms with E-state index in [9.17, 15) is 0 Å². The molecule has 6 heteroatoms. The van der Waals surface area contributed by atoms with Crippen LogP contribution < -0.4 is 15.4 Å². The van der Waals surface area contributed by atoms with Crippen LogP contribution in [0.2, 0.25) is 0 Å². The number of nitrogens with one attached hydrogen (secondary N) is 2. The first-order chi connectivity index (χ1) is 12.1. The fourth-order valence-electron chi connectivity index (χ4n) is 2.28. The molecule has 5 nitrogen and oxygen atoms in total. The highest BCUT2D eigenvalue weighted by Crippen LogP contribution is 2.23. The highest BCUT2D eigenvalue weighted by molar-refractivity contribution is 9.10. The van der Waals surface area contributed by atoms with Gasteiger partial charge in [0, 0.05) is 22.8 Å². The van der Waals surface area contributed by atoms with Crippen molar-refractivity contribution in [2.75, 3.05) is 17.7 Å². The smallest absolute Gasteiger partial charge is 0.135 e. The fourth-order valence-corrected chi connectivity index (χ4v) is 2.66. The molecule has 1 heterocycles. The molecule has 0 atom stereocenters. The van der Waals surface area contributed by atoms with E-state index in [1.807, 2.05) is 42.5 Å². The van der Waals surface area contributed by atoms with Crippen LogP contribution >= 0.6 is 15.9 Å². The quantitative estimate of drug-likeness (QED) is 0.617. The Hall–Kier alpha value is -2.60. The maximum absolute atomic E-state index is 5.17. The standard InChI is InChI=1S/C19H19BrN4O/c1-13-3-6-15(9-17(13)20)24-19-10-18(22-12-23-19)21-11-14-4-7-16(25-2)8-5-14/h3-10,12H,11H2,1-2H3,(H2,21,22,23,24). The maximum atomic E-state index is 5.17. The predicted octanol–water partition coefficient (Wildman–Crippen LogP) is 4.91. The van der Waals surface area contributed by atoms with E-state index < -0.39 is 0 Å². The molecule has 0 aliphatic heterocycles. The Morgan fingerprint density at radius 1 is 1.00 bits per heavy atom. The van der Waals surface area contributed by atoms with Crippen molar-refractivity contribution in [1.82, 2.24) is 9.97 Å². The summed E-state index contributed by atoms with van der Waals surface area (Å²) < 4.78 is 6.23. The van der Waals surface area contributed by atoms with Crippen LogP contribution in [0.25, 0.3) is 0 Å². The van der Waals surface area contributed by atoms with Crippen LogP contribution in [0.4, 0.5) is 17.3 Å². The molecule has 0 aliphatic carbocycles. The third kappa shape index (κ3) is 4.70. The predicted molar refractivity (Wildman–Crippen MR) is 105 cm³/mol. The SMILES string of the molecule is COc1ccc(CNc2cc(Nc3ccc(C)c(Br)c3)ncn2)cc1. The van der Waals surface area contributed by atoms with Gasteiger partial charge in [-0.05, 0) is 42.3 Å². The largest absolute Gasteiger partial charge is 0.497 e. The molecule has 0 bridgehead atoms. The second kappa shape index (κ2) is 7.98. The van der Waals surface area contributed by atoms with Crippen LogP contribution in [-0.4, -0.2) is 17.1 Å². The lowest BCUT2D eigenvalue weighted by Gasteiger charge is -2.10. The van der Waals surface area contributed by atoms with Crippen molar-refractivity contribution in [2.45, 2.75) is 13.5 Å². The summed E-state index contributed by atoms with van der Waals surface area (Å²) in [5.41, 5.74) is 3.31. The van der Waals surface area contributed by atoms with Crippen molar-refractivity contribution in [1.29, 1.82) is 0 Å². The van der Waals surface area contributed by atoms with E-state index in [-0.39, 0.29) is 0 Å². The first-order valence-electron chi connectivity index (χ1n) is 7.86. The molecule has 3 aromatic rings. The Morgan fingerprint density at radius 3 is 2.48 bits per heavy atom. The van der Waals surface area contributed by atoms with Crippen LogP contribution in [0, 0.1) is 6.92 Å². The summed E-state index contributed by atoms with van der Waals surface area (Å²) >= 11 is 3.54. The van der Waals surface area contributed by atoms with Crippen LogP contribution in [0.1, 0.15) is 11.1 Å². The van der Waals surface area contributed by atoms with Crippen molar-refractivity contribution >= 4 is 33.3 Å². The van der Waals surface area contributed by atoms with Gasteiger partial charge in [0.2, 0.25) is 0 Å². The van der Waals surface area contributed by atoms with E-state index >= 15 is 0 Å². The fraction of sp³-hybridized carbons (Fsp3) is 0.158. The van der Waals surface area contributed by atoms with Gasteiger partial charge in [0.15, 0.2) is 0 Å². The molecule has 2 N–H and O–H groups in total. The maximum Gasteiger partial charge on any atom is 0.135 e. The van der Waals surface area contributed by atoms with E-state index in [2.05, 4.69) is 49.5 Å². The molecule has 3 rings (SSSR count). The molecule has 0 saturated carbocycles. The zero-order chi connectivity index (χ0) is 17.6. The third-order valence-electron chi connectivity index (χ3n) is 3.74. The molecule has 0 aliphatic rings. The summed E-state index contributed by atoms with van der Waals surface area (Å²) in [7, 11) is 1.66. The number of anilines is 3. The monoisotopic (exact) mass is 398 g/mol. The molecular weight excluding hydrogens is 380 g/mol. The average Bonchev–Trinajstić information content (AvgIpc) is 2.64. The van der Waals surface area contributed by atoms with Crippen LogP contribution in [-0.2, 0) is 6.54 Å². The number of benzene rings is 2. The number of nitrogens with zero attached hydrogens (tertiary/aromatic N) is 2. The molecule has 1 aromatic heterocycles. The minimum atomic E-state index is 0.677. The summed E-state index contributed by atoms with van der Waals surface area (Å²) in [6.07, 6.45) is 1.54. The average molecular weight is 399 g/mol. The molecule has 128 valence electrons. The molecule has 0 saturated heterocycles. The summed E-state index contributed by atoms with van der Waals surface area (Å²) in [5, 5.41) is 6.59. The molecule has 0 spiro atoms. The van der Waals surface area contributed by atoms with E-state index in [0.717, 1.165) is 33.1 Å². The highest BCUT2D eigenvalue weighted by atomic mass is 79.9. The normalized spacial score (nSPS) is 10.4. The summed E-state index contributed by atoms with van der Waals surface area (Å²) in [6, 6.07) is 15.9. The summed E-state index contributed by atoms with van der Waals surface area (Å²) in [4.78, 5) is 8.54. The Bertz CT molecular complexity index is 852. The lowest BCUT2D eigenvalue weighted by atomic mass is 10.2. The zero-order valence-electron chi connectivity index (χ0n) is 14.1. The lowest BCUT2D eigenvalue weighted by Crippen LogP contribution is -2.03. The van der Waals surface area contributed by atoms with Crippen molar-refractivity contribution in [3.8, 4) is 5.75 Å². The van der Waals surface area contributed by atoms with Crippen molar-refractivity contribution in [3.63, 3.8) is 0 Å². The van der Waals surface area contributed by atoms with Gasteiger partial charge in [0.25, 0.3) is 0 Å². The van der Waals surface area contributed by atoms with Gasteiger partial charge in [0.1, 0.15) is 23.7 Å². The van der Waals surface area contributed by atoms with Crippen molar-refractivity contribution < 1.29 is 4.74 Å². The van der Waals surface area contributed by atoms with Gasteiger partial charge in [-0.2, -0.15) is 0 Å². The third-order valence-corrected chi connectivity index (χ3v) is 4.60. The number of rotatable bonds is 6. The van der Waals surface area contributed by atoms with Gasteiger partial charge < -0.3 is 15.4 Å². The van der Waals surface area contributed by atoms with Gasteiger partial charge in [-0.25, -0.2) is 9.97 Å². The minimum absolute atomic E-state index is 0.677. The van der Waals surface area contributed by atoms with Gasteiger partial charge in [-0.1, -0.05) is 34.1 Å². The van der Waals surface area contributed by atoms with Crippen molar-refractivity contribution in [2.24, 2.45) is 0 Å². The number of methoxy groups -OCH3 is 1. The molecule has 0 amide bonds. The summed E-state index contributed by atoms with van der Waals surface area (Å²) in [6.45, 7) is 2.73. The van der Waals surface area contributed by atoms with Gasteiger partial charge in [0.05, 0.1) is 7.11 Å². The van der Waals surface area contributed by atoms with Crippen LogP contribution in [0.15, 0.2) is 59.3 Å². The molecule has 2 aromatic carbocycles.